The van der Waals surface area contributed by atoms with Crippen LogP contribution in [0.5, 0.6) is 5.95 Å². The average Bonchev–Trinajstić information content (AvgIpc) is 2.80. The molecule has 23 heavy (non-hydrogen) atoms. The van der Waals surface area contributed by atoms with Gasteiger partial charge >= 0.3 is 5.03 Å². The molecule has 0 saturated carbocycles. The van der Waals surface area contributed by atoms with Gasteiger partial charge in [-0.15, -0.1) is 0 Å². The van der Waals surface area contributed by atoms with Crippen molar-refractivity contribution in [1.29, 1.82) is 0 Å². The maximum absolute atomic E-state index is 12.0. The highest BCUT2D eigenvalue weighted by Gasteiger charge is 2.26. The van der Waals surface area contributed by atoms with Crippen molar-refractivity contribution in [1.82, 2.24) is 10.2 Å². The molecule has 0 radical (unpaired) electrons. The minimum Gasteiger partial charge on any atom is -0.538 e. The second-order valence-electron chi connectivity index (χ2n) is 5.88. The Hall–Kier alpha value is -1.60. The fourth-order valence-electron chi connectivity index (χ4n) is 2.33. The Bertz CT molecular complexity index is 673. The van der Waals surface area contributed by atoms with Crippen LogP contribution in [0, 0.1) is 6.92 Å². The van der Waals surface area contributed by atoms with Crippen molar-refractivity contribution in [3.05, 3.63) is 29.8 Å². The molecule has 2 rings (SSSR count). The van der Waals surface area contributed by atoms with Crippen molar-refractivity contribution in [2.24, 2.45) is 0 Å². The summed E-state index contributed by atoms with van der Waals surface area (Å²) in [5, 5.41) is 16.2. The molecule has 0 aliphatic rings. The summed E-state index contributed by atoms with van der Waals surface area (Å²) in [5.41, 5.74) is 1.91. The zero-order valence-corrected chi connectivity index (χ0v) is 15.6. The molecule has 1 aromatic heterocycles. The first-order valence-electron chi connectivity index (χ1n) is 7.47. The SMILES string of the molecule is Cc1ccc(-[n+]2noc([O-])c2SC(=S)N(C(C)C)C(C)C)cc1. The van der Waals surface area contributed by atoms with Gasteiger partial charge in [-0.1, -0.05) is 29.9 Å². The first kappa shape index (κ1) is 17.7. The molecule has 1 heterocycles. The molecule has 0 aliphatic heterocycles. The highest BCUT2D eigenvalue weighted by Crippen LogP contribution is 2.28. The van der Waals surface area contributed by atoms with Gasteiger partial charge in [0.1, 0.15) is 4.32 Å². The van der Waals surface area contributed by atoms with Gasteiger partial charge in [0.2, 0.25) is 5.69 Å². The molecule has 124 valence electrons. The second kappa shape index (κ2) is 7.31. The Balaban J connectivity index is 2.32. The third-order valence-electron chi connectivity index (χ3n) is 3.36. The fraction of sp³-hybridized carbons (Fsp3) is 0.438. The van der Waals surface area contributed by atoms with Gasteiger partial charge in [0, 0.05) is 36.0 Å². The van der Waals surface area contributed by atoms with E-state index in [2.05, 4.69) is 37.9 Å². The van der Waals surface area contributed by atoms with Gasteiger partial charge in [0.25, 0.3) is 0 Å². The zero-order valence-electron chi connectivity index (χ0n) is 13.9. The standard InChI is InChI=1S/C16H21N3O2S2/c1-10(2)18(11(3)4)16(22)23-14-15(20)21-17-19(14)13-8-6-12(5)7-9-13/h6-11H,1-5H3. The van der Waals surface area contributed by atoms with Gasteiger partial charge in [0.15, 0.2) is 5.95 Å². The van der Waals surface area contributed by atoms with E-state index in [1.54, 1.807) is 0 Å². The van der Waals surface area contributed by atoms with Crippen LogP contribution >= 0.6 is 24.0 Å². The number of thiocarbonyl (C=S) groups is 1. The maximum Gasteiger partial charge on any atom is 0.304 e. The second-order valence-corrected chi connectivity index (χ2v) is 7.50. The molecule has 0 aliphatic carbocycles. The average molecular weight is 351 g/mol. The summed E-state index contributed by atoms with van der Waals surface area (Å²) >= 11 is 6.75. The van der Waals surface area contributed by atoms with Crippen molar-refractivity contribution in [2.75, 3.05) is 0 Å². The van der Waals surface area contributed by atoms with Crippen molar-refractivity contribution < 1.29 is 14.3 Å². The van der Waals surface area contributed by atoms with E-state index in [0.29, 0.717) is 9.35 Å². The maximum atomic E-state index is 12.0. The lowest BCUT2D eigenvalue weighted by Crippen LogP contribution is -2.41. The smallest absolute Gasteiger partial charge is 0.304 e. The predicted octanol–water partition coefficient (Wildman–Crippen LogP) is 2.83. The summed E-state index contributed by atoms with van der Waals surface area (Å²) in [6.07, 6.45) is 0. The summed E-state index contributed by atoms with van der Waals surface area (Å²) in [6.45, 7) is 10.3. The summed E-state index contributed by atoms with van der Waals surface area (Å²) in [5.74, 6) is -0.481. The fourth-order valence-corrected chi connectivity index (χ4v) is 4.03. The number of nitrogens with zero attached hydrogens (tertiary/aromatic N) is 3. The first-order valence-corrected chi connectivity index (χ1v) is 8.70. The van der Waals surface area contributed by atoms with Crippen LogP contribution in [0.25, 0.3) is 5.69 Å². The van der Waals surface area contributed by atoms with Crippen molar-refractivity contribution in [2.45, 2.75) is 51.7 Å². The van der Waals surface area contributed by atoms with Gasteiger partial charge in [-0.25, -0.2) is 0 Å². The van der Waals surface area contributed by atoms with Crippen LogP contribution in [-0.4, -0.2) is 26.6 Å². The monoisotopic (exact) mass is 351 g/mol. The quantitative estimate of drug-likeness (QED) is 0.480. The van der Waals surface area contributed by atoms with Gasteiger partial charge < -0.3 is 14.5 Å². The molecule has 0 N–H and O–H groups in total. The summed E-state index contributed by atoms with van der Waals surface area (Å²) in [6, 6.07) is 8.21. The van der Waals surface area contributed by atoms with Crippen LogP contribution in [0.15, 0.2) is 33.8 Å². The van der Waals surface area contributed by atoms with E-state index in [1.165, 1.54) is 16.4 Å². The Labute approximate surface area is 146 Å². The largest absolute Gasteiger partial charge is 0.538 e. The molecule has 0 bridgehead atoms. The highest BCUT2D eigenvalue weighted by atomic mass is 32.2. The summed E-state index contributed by atoms with van der Waals surface area (Å²) < 4.78 is 6.97. The molecule has 2 aromatic rings. The zero-order chi connectivity index (χ0) is 17.1. The third-order valence-corrected chi connectivity index (χ3v) is 4.74. The lowest BCUT2D eigenvalue weighted by atomic mass is 10.2. The van der Waals surface area contributed by atoms with Crippen LogP contribution in [-0.2, 0) is 0 Å². The van der Waals surface area contributed by atoms with E-state index in [9.17, 15) is 5.11 Å². The Morgan fingerprint density at radius 3 is 2.30 bits per heavy atom. The number of aromatic nitrogens is 2. The molecule has 0 spiro atoms. The normalized spacial score (nSPS) is 11.3. The van der Waals surface area contributed by atoms with E-state index >= 15 is 0 Å². The van der Waals surface area contributed by atoms with Crippen molar-refractivity contribution in [3.8, 4) is 11.6 Å². The lowest BCUT2D eigenvalue weighted by molar-refractivity contribution is -0.705. The summed E-state index contributed by atoms with van der Waals surface area (Å²) in [4.78, 5) is 2.09. The van der Waals surface area contributed by atoms with E-state index in [4.69, 9.17) is 16.7 Å². The minimum atomic E-state index is -0.481. The number of rotatable bonds is 4. The summed E-state index contributed by atoms with van der Waals surface area (Å²) in [7, 11) is 0. The Kier molecular flexibility index (Phi) is 5.64. The number of hydrogen-bond donors (Lipinski definition) is 0. The van der Waals surface area contributed by atoms with E-state index < -0.39 is 5.95 Å². The van der Waals surface area contributed by atoms with Gasteiger partial charge in [-0.05, 0) is 39.3 Å². The van der Waals surface area contributed by atoms with Crippen LogP contribution < -0.4 is 9.79 Å². The van der Waals surface area contributed by atoms with E-state index in [1.807, 2.05) is 31.2 Å². The van der Waals surface area contributed by atoms with E-state index in [-0.39, 0.29) is 12.1 Å². The Morgan fingerprint density at radius 1 is 1.22 bits per heavy atom. The molecule has 0 amide bonds. The van der Waals surface area contributed by atoms with Gasteiger partial charge in [-0.2, -0.15) is 0 Å². The van der Waals surface area contributed by atoms with Gasteiger partial charge in [0.05, 0.1) is 5.27 Å². The van der Waals surface area contributed by atoms with Crippen molar-refractivity contribution >= 4 is 28.3 Å². The number of hydrogen-bond acceptors (Lipinski definition) is 5. The number of aryl methyl sites for hydroxylation is 1. The van der Waals surface area contributed by atoms with E-state index in [0.717, 1.165) is 11.3 Å². The molecule has 0 unspecified atom stereocenters. The molecule has 0 fully saturated rings. The Morgan fingerprint density at radius 2 is 1.78 bits per heavy atom. The van der Waals surface area contributed by atoms with Crippen LogP contribution in [0.4, 0.5) is 0 Å². The molecule has 7 heteroatoms. The molecule has 0 saturated heterocycles. The predicted molar refractivity (Wildman–Crippen MR) is 92.8 cm³/mol. The first-order chi connectivity index (χ1) is 10.8. The third kappa shape index (κ3) is 4.03. The van der Waals surface area contributed by atoms with Crippen LogP contribution in [0.2, 0.25) is 0 Å². The highest BCUT2D eigenvalue weighted by molar-refractivity contribution is 8.22. The topological polar surface area (TPSA) is 56.2 Å². The molecule has 1 aromatic carbocycles. The molecular weight excluding hydrogens is 330 g/mol. The van der Waals surface area contributed by atoms with Gasteiger partial charge in [-0.3, -0.25) is 0 Å². The minimum absolute atomic E-state index is 0.248. The van der Waals surface area contributed by atoms with Crippen LogP contribution in [0.3, 0.4) is 0 Å². The lowest BCUT2D eigenvalue weighted by Gasteiger charge is -2.32. The molecular formula is C16H21N3O2S2. The number of benzene rings is 1. The number of thioether (sulfide) groups is 1. The van der Waals surface area contributed by atoms with Crippen molar-refractivity contribution in [3.63, 3.8) is 0 Å². The molecule has 0 atom stereocenters. The van der Waals surface area contributed by atoms with Crippen LogP contribution in [0.1, 0.15) is 33.3 Å². The molecule has 5 nitrogen and oxygen atoms in total.